The van der Waals surface area contributed by atoms with Crippen LogP contribution in [0.25, 0.3) is 0 Å². The van der Waals surface area contributed by atoms with Gasteiger partial charge in [-0.3, -0.25) is 4.99 Å². The van der Waals surface area contributed by atoms with Gasteiger partial charge in [-0.2, -0.15) is 0 Å². The van der Waals surface area contributed by atoms with Crippen LogP contribution < -0.4 is 10.2 Å². The van der Waals surface area contributed by atoms with E-state index in [9.17, 15) is 0 Å². The molecule has 1 aromatic rings. The van der Waals surface area contributed by atoms with E-state index in [1.807, 2.05) is 0 Å². The van der Waals surface area contributed by atoms with Crippen molar-refractivity contribution in [3.05, 3.63) is 29.8 Å². The first-order valence-corrected chi connectivity index (χ1v) is 7.93. The third kappa shape index (κ3) is 3.74. The number of para-hydroxylation sites is 1. The molecule has 1 fully saturated rings. The first kappa shape index (κ1) is 17.5. The second-order valence-corrected chi connectivity index (χ2v) is 6.31. The van der Waals surface area contributed by atoms with E-state index in [0.717, 1.165) is 51.6 Å². The molecule has 0 aliphatic carbocycles. The van der Waals surface area contributed by atoms with Gasteiger partial charge in [0.25, 0.3) is 0 Å². The van der Waals surface area contributed by atoms with Crippen LogP contribution in [0.15, 0.2) is 29.3 Å². The Kier molecular flexibility index (Phi) is 6.09. The maximum Gasteiger partial charge on any atom is 0.198 e. The van der Waals surface area contributed by atoms with Crippen molar-refractivity contribution in [2.75, 3.05) is 37.7 Å². The number of rotatable bonds is 3. The minimum absolute atomic E-state index is 0. The Balaban J connectivity index is 0.00000176. The molecule has 1 N–H and O–H groups in total. The highest BCUT2D eigenvalue weighted by atomic mass is 127. The number of nitrogens with zero attached hydrogens (tertiary/aromatic N) is 2. The van der Waals surface area contributed by atoms with Gasteiger partial charge in [0.2, 0.25) is 0 Å². The first-order chi connectivity index (χ1) is 10.2. The van der Waals surface area contributed by atoms with Crippen LogP contribution in [0.5, 0.6) is 0 Å². The molecule has 1 saturated heterocycles. The van der Waals surface area contributed by atoms with Gasteiger partial charge < -0.3 is 15.0 Å². The summed E-state index contributed by atoms with van der Waals surface area (Å²) >= 11 is 0. The topological polar surface area (TPSA) is 36.9 Å². The predicted molar refractivity (Wildman–Crippen MR) is 102 cm³/mol. The van der Waals surface area contributed by atoms with Gasteiger partial charge >= 0.3 is 0 Å². The van der Waals surface area contributed by atoms with Crippen LogP contribution in [0.2, 0.25) is 0 Å². The zero-order chi connectivity index (χ0) is 14.7. The average Bonchev–Trinajstić information content (AvgIpc) is 3.11. The van der Waals surface area contributed by atoms with Gasteiger partial charge in [-0.05, 0) is 31.4 Å². The van der Waals surface area contributed by atoms with Crippen LogP contribution in [0.1, 0.15) is 25.8 Å². The molecule has 122 valence electrons. The van der Waals surface area contributed by atoms with Crippen molar-refractivity contribution in [1.82, 2.24) is 5.32 Å². The van der Waals surface area contributed by atoms with Crippen molar-refractivity contribution in [3.63, 3.8) is 0 Å². The fraction of sp³-hybridized carbons (Fsp3) is 0.588. The molecule has 1 unspecified atom stereocenters. The number of guanidine groups is 1. The second kappa shape index (κ2) is 7.64. The molecule has 1 aromatic carbocycles. The van der Waals surface area contributed by atoms with E-state index < -0.39 is 0 Å². The predicted octanol–water partition coefficient (Wildman–Crippen LogP) is 3.06. The van der Waals surface area contributed by atoms with Gasteiger partial charge in [0.1, 0.15) is 0 Å². The molecule has 0 amide bonds. The summed E-state index contributed by atoms with van der Waals surface area (Å²) < 4.78 is 5.53. The van der Waals surface area contributed by atoms with E-state index in [0.29, 0.717) is 0 Å². The lowest BCUT2D eigenvalue weighted by molar-refractivity contribution is 0.163. The molecule has 0 saturated carbocycles. The van der Waals surface area contributed by atoms with E-state index in [-0.39, 0.29) is 29.4 Å². The Morgan fingerprint density at radius 3 is 2.95 bits per heavy atom. The molecule has 2 aliphatic heterocycles. The molecule has 2 heterocycles. The highest BCUT2D eigenvalue weighted by Gasteiger charge is 2.30. The third-order valence-corrected chi connectivity index (χ3v) is 4.39. The number of aliphatic imine (C=N–C) groups is 1. The summed E-state index contributed by atoms with van der Waals surface area (Å²) in [6.45, 7) is 8.82. The standard InChI is InChI=1S/C17H25N3O.HI/c1-3-18-16(19-12-17(2)9-11-21-13-17)20-10-8-14-6-4-5-7-15(14)20;/h4-7H,3,8-13H2,1-2H3,(H,18,19);1H. The molecular weight excluding hydrogens is 389 g/mol. The highest BCUT2D eigenvalue weighted by molar-refractivity contribution is 14.0. The van der Waals surface area contributed by atoms with Crippen molar-refractivity contribution >= 4 is 35.6 Å². The fourth-order valence-electron chi connectivity index (χ4n) is 3.05. The van der Waals surface area contributed by atoms with Crippen molar-refractivity contribution in [2.24, 2.45) is 10.4 Å². The van der Waals surface area contributed by atoms with E-state index in [2.05, 4.69) is 48.3 Å². The van der Waals surface area contributed by atoms with Crippen LogP contribution in [-0.4, -0.2) is 38.8 Å². The highest BCUT2D eigenvalue weighted by Crippen LogP contribution is 2.30. The molecule has 5 heteroatoms. The number of fused-ring (bicyclic) bond motifs is 1. The molecule has 2 aliphatic rings. The SMILES string of the molecule is CCNC(=NCC1(C)CCOC1)N1CCc2ccccc21.I. The lowest BCUT2D eigenvalue weighted by Crippen LogP contribution is -2.41. The van der Waals surface area contributed by atoms with Gasteiger partial charge in [0.15, 0.2) is 5.96 Å². The maximum atomic E-state index is 5.53. The van der Waals surface area contributed by atoms with E-state index in [1.54, 1.807) is 0 Å². The Bertz CT molecular complexity index is 526. The zero-order valence-electron chi connectivity index (χ0n) is 13.5. The molecule has 0 aromatic heterocycles. The smallest absolute Gasteiger partial charge is 0.198 e. The number of nitrogens with one attached hydrogen (secondary N) is 1. The number of benzene rings is 1. The summed E-state index contributed by atoms with van der Waals surface area (Å²) in [5.74, 6) is 1.01. The largest absolute Gasteiger partial charge is 0.381 e. The Labute approximate surface area is 150 Å². The molecule has 1 atom stereocenters. The van der Waals surface area contributed by atoms with Crippen molar-refractivity contribution in [1.29, 1.82) is 0 Å². The van der Waals surface area contributed by atoms with Crippen molar-refractivity contribution in [2.45, 2.75) is 26.7 Å². The molecular formula is C17H26IN3O. The number of hydrogen-bond donors (Lipinski definition) is 1. The summed E-state index contributed by atoms with van der Waals surface area (Å²) in [6, 6.07) is 8.62. The number of halogens is 1. The van der Waals surface area contributed by atoms with Crippen molar-refractivity contribution < 1.29 is 4.74 Å². The Morgan fingerprint density at radius 1 is 1.41 bits per heavy atom. The van der Waals surface area contributed by atoms with Gasteiger partial charge in [-0.1, -0.05) is 25.1 Å². The number of anilines is 1. The molecule has 22 heavy (non-hydrogen) atoms. The van der Waals surface area contributed by atoms with Gasteiger partial charge in [0, 0.05) is 30.8 Å². The van der Waals surface area contributed by atoms with Crippen LogP contribution >= 0.6 is 24.0 Å². The summed E-state index contributed by atoms with van der Waals surface area (Å²) in [6.07, 6.45) is 2.20. The summed E-state index contributed by atoms with van der Waals surface area (Å²) in [5.41, 5.74) is 2.91. The van der Waals surface area contributed by atoms with Crippen LogP contribution in [0.4, 0.5) is 5.69 Å². The summed E-state index contributed by atoms with van der Waals surface area (Å²) in [5, 5.41) is 3.44. The summed E-state index contributed by atoms with van der Waals surface area (Å²) in [7, 11) is 0. The van der Waals surface area contributed by atoms with Gasteiger partial charge in [-0.25, -0.2) is 0 Å². The van der Waals surface area contributed by atoms with Gasteiger partial charge in [0.05, 0.1) is 13.2 Å². The lowest BCUT2D eigenvalue weighted by atomic mass is 9.90. The van der Waals surface area contributed by atoms with E-state index in [1.165, 1.54) is 11.3 Å². The molecule has 3 rings (SSSR count). The minimum Gasteiger partial charge on any atom is -0.381 e. The van der Waals surface area contributed by atoms with Crippen LogP contribution in [0.3, 0.4) is 0 Å². The fourth-order valence-corrected chi connectivity index (χ4v) is 3.05. The quantitative estimate of drug-likeness (QED) is 0.469. The monoisotopic (exact) mass is 415 g/mol. The molecule has 0 radical (unpaired) electrons. The average molecular weight is 415 g/mol. The lowest BCUT2D eigenvalue weighted by Gasteiger charge is -2.25. The molecule has 4 nitrogen and oxygen atoms in total. The minimum atomic E-state index is 0. The normalized spacial score (nSPS) is 24.1. The van der Waals surface area contributed by atoms with Crippen LogP contribution in [0, 0.1) is 5.41 Å². The number of hydrogen-bond acceptors (Lipinski definition) is 2. The maximum absolute atomic E-state index is 5.53. The van der Waals surface area contributed by atoms with Crippen molar-refractivity contribution in [3.8, 4) is 0 Å². The Hall–Kier alpha value is -0.820. The zero-order valence-corrected chi connectivity index (χ0v) is 15.8. The van der Waals surface area contributed by atoms with Crippen LogP contribution in [-0.2, 0) is 11.2 Å². The summed E-state index contributed by atoms with van der Waals surface area (Å²) in [4.78, 5) is 7.22. The Morgan fingerprint density at radius 2 is 2.23 bits per heavy atom. The van der Waals surface area contributed by atoms with E-state index in [4.69, 9.17) is 9.73 Å². The third-order valence-electron chi connectivity index (χ3n) is 4.39. The molecule has 0 spiro atoms. The molecule has 0 bridgehead atoms. The number of ether oxygens (including phenoxy) is 1. The second-order valence-electron chi connectivity index (χ2n) is 6.31. The van der Waals surface area contributed by atoms with E-state index >= 15 is 0 Å². The first-order valence-electron chi connectivity index (χ1n) is 7.93. The van der Waals surface area contributed by atoms with Gasteiger partial charge in [-0.15, -0.1) is 24.0 Å².